The Morgan fingerprint density at radius 3 is 2.93 bits per heavy atom. The molecule has 0 spiro atoms. The topological polar surface area (TPSA) is 71.8 Å². The van der Waals surface area contributed by atoms with E-state index in [1.807, 2.05) is 0 Å². The van der Waals surface area contributed by atoms with Crippen LogP contribution in [0.25, 0.3) is 11.4 Å². The summed E-state index contributed by atoms with van der Waals surface area (Å²) in [7, 11) is 2.81. The molecule has 1 aromatic carbocycles. The average Bonchev–Trinajstić information content (AvgIpc) is 2.89. The van der Waals surface area contributed by atoms with E-state index < -0.39 is 18.7 Å². The first kappa shape index (κ1) is 19.6. The lowest BCUT2D eigenvalue weighted by Crippen LogP contribution is -2.21. The molecule has 1 aromatic heterocycles. The zero-order valence-electron chi connectivity index (χ0n) is 15.0. The summed E-state index contributed by atoms with van der Waals surface area (Å²) in [5.41, 5.74) is 1.52. The number of nitrogens with zero attached hydrogens (tertiary/aromatic N) is 2. The highest BCUT2D eigenvalue weighted by molar-refractivity contribution is 6.32. The molecule has 2 aromatic rings. The molecule has 0 unspecified atom stereocenters. The number of ether oxygens (including phenoxy) is 4. The Labute approximate surface area is 160 Å². The molecule has 1 aliphatic heterocycles. The molecule has 0 radical (unpaired) electrons. The summed E-state index contributed by atoms with van der Waals surface area (Å²) < 4.78 is 35.6. The lowest BCUT2D eigenvalue weighted by molar-refractivity contribution is 0.0355. The van der Waals surface area contributed by atoms with Crippen LogP contribution in [0.1, 0.15) is 16.2 Å². The molecular weight excluding hydrogens is 379 g/mol. The minimum absolute atomic E-state index is 0.0693. The molecule has 2 heterocycles. The van der Waals surface area contributed by atoms with Gasteiger partial charge in [-0.1, -0.05) is 11.6 Å². The number of halogens is 2. The van der Waals surface area contributed by atoms with Gasteiger partial charge in [0.25, 0.3) is 0 Å². The molecular formula is C18H20ClFN2O5. The second-order valence-electron chi connectivity index (χ2n) is 5.93. The highest BCUT2D eigenvalue weighted by atomic mass is 35.5. The molecule has 0 fully saturated rings. The van der Waals surface area contributed by atoms with Crippen molar-refractivity contribution in [3.8, 4) is 17.1 Å². The van der Waals surface area contributed by atoms with Crippen LogP contribution in [0.3, 0.4) is 0 Å². The fourth-order valence-electron chi connectivity index (χ4n) is 2.97. The maximum Gasteiger partial charge on any atom is 0.358 e. The van der Waals surface area contributed by atoms with Gasteiger partial charge in [0, 0.05) is 19.1 Å². The zero-order chi connectivity index (χ0) is 19.4. The van der Waals surface area contributed by atoms with Crippen molar-refractivity contribution in [2.24, 2.45) is 0 Å². The first-order valence-electron chi connectivity index (χ1n) is 8.36. The van der Waals surface area contributed by atoms with Crippen molar-refractivity contribution in [1.82, 2.24) is 9.55 Å². The Morgan fingerprint density at radius 1 is 1.44 bits per heavy atom. The van der Waals surface area contributed by atoms with Crippen LogP contribution in [0.2, 0.25) is 5.02 Å². The van der Waals surface area contributed by atoms with Gasteiger partial charge in [0.15, 0.2) is 12.5 Å². The highest BCUT2D eigenvalue weighted by Crippen LogP contribution is 2.32. The van der Waals surface area contributed by atoms with Crippen molar-refractivity contribution >= 4 is 17.6 Å². The van der Waals surface area contributed by atoms with Gasteiger partial charge in [0.05, 0.1) is 31.0 Å². The third-order valence-electron chi connectivity index (χ3n) is 4.22. The second kappa shape index (κ2) is 8.69. The number of esters is 1. The smallest absolute Gasteiger partial charge is 0.358 e. The number of methoxy groups -OCH3 is 2. The first-order valence-corrected chi connectivity index (χ1v) is 8.73. The summed E-state index contributed by atoms with van der Waals surface area (Å²) in [5.74, 6) is 0.410. The maximum atomic E-state index is 13.3. The van der Waals surface area contributed by atoms with E-state index in [0.29, 0.717) is 40.9 Å². The summed E-state index contributed by atoms with van der Waals surface area (Å²) in [6, 6.07) is 5.14. The van der Waals surface area contributed by atoms with E-state index in [-0.39, 0.29) is 19.0 Å². The number of hydrogen-bond donors (Lipinski definition) is 0. The number of imidazole rings is 1. The van der Waals surface area contributed by atoms with Crippen molar-refractivity contribution in [3.63, 3.8) is 0 Å². The molecule has 7 nitrogen and oxygen atoms in total. The van der Waals surface area contributed by atoms with Crippen molar-refractivity contribution < 1.29 is 28.1 Å². The fraction of sp³-hybridized carbons (Fsp3) is 0.444. The van der Waals surface area contributed by atoms with Gasteiger partial charge in [0.2, 0.25) is 0 Å². The average molecular weight is 399 g/mol. The van der Waals surface area contributed by atoms with Crippen LogP contribution in [0.4, 0.5) is 4.39 Å². The number of rotatable bonds is 6. The van der Waals surface area contributed by atoms with Gasteiger partial charge in [-0.2, -0.15) is 0 Å². The van der Waals surface area contributed by atoms with Crippen LogP contribution in [0.5, 0.6) is 5.75 Å². The Kier molecular flexibility index (Phi) is 6.30. The van der Waals surface area contributed by atoms with Crippen LogP contribution < -0.4 is 4.74 Å². The Morgan fingerprint density at radius 2 is 2.26 bits per heavy atom. The molecule has 0 bridgehead atoms. The number of alkyl halides is 1. The van der Waals surface area contributed by atoms with Gasteiger partial charge in [0.1, 0.15) is 24.4 Å². The molecule has 1 atom stereocenters. The molecule has 146 valence electrons. The number of carbonyl (C=O) groups excluding carboxylic acids is 1. The van der Waals surface area contributed by atoms with Crippen LogP contribution in [-0.2, 0) is 27.2 Å². The van der Waals surface area contributed by atoms with Gasteiger partial charge in [-0.05, 0) is 18.2 Å². The summed E-state index contributed by atoms with van der Waals surface area (Å²) in [6.07, 6.45) is -0.180. The quantitative estimate of drug-likeness (QED) is 0.550. The summed E-state index contributed by atoms with van der Waals surface area (Å²) >= 11 is 6.29. The van der Waals surface area contributed by atoms with E-state index in [4.69, 9.17) is 30.5 Å². The number of hydrogen-bond acceptors (Lipinski definition) is 6. The number of fused-ring (bicyclic) bond motifs is 1. The van der Waals surface area contributed by atoms with E-state index in [0.717, 1.165) is 0 Å². The molecule has 9 heteroatoms. The van der Waals surface area contributed by atoms with Crippen LogP contribution >= 0.6 is 11.6 Å². The van der Waals surface area contributed by atoms with E-state index in [1.54, 1.807) is 22.8 Å². The lowest BCUT2D eigenvalue weighted by atomic mass is 10.2. The van der Waals surface area contributed by atoms with Crippen molar-refractivity contribution in [2.45, 2.75) is 19.1 Å². The third kappa shape index (κ3) is 4.07. The predicted molar refractivity (Wildman–Crippen MR) is 95.9 cm³/mol. The Balaban J connectivity index is 2.06. The predicted octanol–water partition coefficient (Wildman–Crippen LogP) is 2.88. The molecule has 0 saturated heterocycles. The Hall–Kier alpha value is -2.16. The SMILES string of the molecule is COCOc1ccc(-c2nc(C(=O)OC)c3n2C[C@@H](CF)OCC3)cc1Cl. The summed E-state index contributed by atoms with van der Waals surface area (Å²) in [4.78, 5) is 16.6. The van der Waals surface area contributed by atoms with E-state index in [2.05, 4.69) is 4.98 Å². The number of benzene rings is 1. The Bertz CT molecular complexity index is 826. The largest absolute Gasteiger partial charge is 0.466 e. The first-order chi connectivity index (χ1) is 13.1. The zero-order valence-corrected chi connectivity index (χ0v) is 15.8. The van der Waals surface area contributed by atoms with Crippen molar-refractivity contribution in [2.75, 3.05) is 34.3 Å². The minimum atomic E-state index is -0.630. The van der Waals surface area contributed by atoms with E-state index in [1.165, 1.54) is 14.2 Å². The monoisotopic (exact) mass is 398 g/mol. The van der Waals surface area contributed by atoms with Gasteiger partial charge >= 0.3 is 5.97 Å². The number of aromatic nitrogens is 2. The summed E-state index contributed by atoms with van der Waals surface area (Å²) in [5, 5.41) is 0.369. The standard InChI is InChI=1S/C18H20ClFN2O5/c1-24-10-27-15-4-3-11(7-13(15)19)17-21-16(18(23)25-2)14-5-6-26-12(8-20)9-22(14)17/h3-4,7,12H,5-6,8-10H2,1-2H3/t12-/m1/s1. The molecule has 0 saturated carbocycles. The molecule has 27 heavy (non-hydrogen) atoms. The van der Waals surface area contributed by atoms with E-state index >= 15 is 0 Å². The van der Waals surface area contributed by atoms with Gasteiger partial charge in [-0.25, -0.2) is 14.2 Å². The molecule has 1 aliphatic rings. The lowest BCUT2D eigenvalue weighted by Gasteiger charge is -2.14. The molecule has 3 rings (SSSR count). The summed E-state index contributed by atoms with van der Waals surface area (Å²) in [6.45, 7) is -0.0199. The highest BCUT2D eigenvalue weighted by Gasteiger charge is 2.28. The van der Waals surface area contributed by atoms with Gasteiger partial charge in [-0.3, -0.25) is 0 Å². The maximum absolute atomic E-state index is 13.3. The minimum Gasteiger partial charge on any atom is -0.466 e. The third-order valence-corrected chi connectivity index (χ3v) is 4.52. The molecule has 0 aliphatic carbocycles. The van der Waals surface area contributed by atoms with Gasteiger partial charge in [-0.15, -0.1) is 0 Å². The molecule has 0 N–H and O–H groups in total. The van der Waals surface area contributed by atoms with Crippen LogP contribution in [-0.4, -0.2) is 55.9 Å². The normalized spacial score (nSPS) is 16.5. The second-order valence-corrected chi connectivity index (χ2v) is 6.33. The van der Waals surface area contributed by atoms with Crippen molar-refractivity contribution in [1.29, 1.82) is 0 Å². The van der Waals surface area contributed by atoms with Crippen molar-refractivity contribution in [3.05, 3.63) is 34.6 Å². The van der Waals surface area contributed by atoms with Gasteiger partial charge < -0.3 is 23.5 Å². The van der Waals surface area contributed by atoms with Crippen LogP contribution in [0.15, 0.2) is 18.2 Å². The molecule has 0 amide bonds. The van der Waals surface area contributed by atoms with E-state index in [9.17, 15) is 9.18 Å². The number of carbonyl (C=O) groups is 1. The van der Waals surface area contributed by atoms with Crippen LogP contribution in [0, 0.1) is 0 Å². The fourth-order valence-corrected chi connectivity index (χ4v) is 3.20.